The Bertz CT molecular complexity index is 499. The number of tetrazole rings is 1. The van der Waals surface area contributed by atoms with Crippen LogP contribution >= 0.6 is 0 Å². The number of hydrogen-bond acceptors (Lipinski definition) is 5. The molecule has 1 aromatic heterocycles. The minimum Gasteiger partial charge on any atom is -0.466 e. The van der Waals surface area contributed by atoms with E-state index in [9.17, 15) is 4.79 Å². The molecule has 2 rings (SSSR count). The van der Waals surface area contributed by atoms with Crippen molar-refractivity contribution < 1.29 is 9.53 Å². The normalized spacial score (nSPS) is 12.1. The lowest BCUT2D eigenvalue weighted by Crippen LogP contribution is -2.16. The van der Waals surface area contributed by atoms with E-state index in [1.165, 1.54) is 0 Å². The van der Waals surface area contributed by atoms with Gasteiger partial charge >= 0.3 is 5.97 Å². The Morgan fingerprint density at radius 1 is 1.37 bits per heavy atom. The fourth-order valence-corrected chi connectivity index (χ4v) is 1.92. The van der Waals surface area contributed by atoms with Gasteiger partial charge in [0.15, 0.2) is 0 Å². The van der Waals surface area contributed by atoms with Crippen molar-refractivity contribution in [2.45, 2.75) is 25.8 Å². The van der Waals surface area contributed by atoms with E-state index in [0.29, 0.717) is 19.6 Å². The van der Waals surface area contributed by atoms with E-state index in [4.69, 9.17) is 4.74 Å². The van der Waals surface area contributed by atoms with E-state index in [-0.39, 0.29) is 11.9 Å². The molecule has 0 bridgehead atoms. The predicted octanol–water partition coefficient (Wildman–Crippen LogP) is 1.41. The molecule has 1 unspecified atom stereocenters. The molecule has 1 heterocycles. The number of hydrogen-bond donors (Lipinski definition) is 0. The van der Waals surface area contributed by atoms with E-state index < -0.39 is 0 Å². The molecule has 19 heavy (non-hydrogen) atoms. The third-order valence-corrected chi connectivity index (χ3v) is 2.79. The highest BCUT2D eigenvalue weighted by Crippen LogP contribution is 2.21. The SMILES string of the molecule is CCOC(=O)CC(Cn1cnnn1)c1ccccc1. The summed E-state index contributed by atoms with van der Waals surface area (Å²) in [6.07, 6.45) is 1.86. The lowest BCUT2D eigenvalue weighted by atomic mass is 9.96. The molecule has 6 nitrogen and oxygen atoms in total. The molecule has 0 aliphatic rings. The van der Waals surface area contributed by atoms with Crippen molar-refractivity contribution in [2.75, 3.05) is 6.61 Å². The molecule has 0 N–H and O–H groups in total. The van der Waals surface area contributed by atoms with Gasteiger partial charge in [0.2, 0.25) is 0 Å². The quantitative estimate of drug-likeness (QED) is 0.734. The molecule has 2 aromatic rings. The third kappa shape index (κ3) is 3.87. The first-order valence-corrected chi connectivity index (χ1v) is 6.21. The minimum atomic E-state index is -0.204. The summed E-state index contributed by atoms with van der Waals surface area (Å²) in [6.45, 7) is 2.75. The second-order valence-corrected chi connectivity index (χ2v) is 4.15. The molecular weight excluding hydrogens is 244 g/mol. The summed E-state index contributed by atoms with van der Waals surface area (Å²) < 4.78 is 6.64. The molecule has 1 aromatic carbocycles. The molecule has 100 valence electrons. The van der Waals surface area contributed by atoms with Gasteiger partial charge in [-0.05, 0) is 22.9 Å². The van der Waals surface area contributed by atoms with E-state index in [2.05, 4.69) is 15.5 Å². The van der Waals surface area contributed by atoms with Crippen LogP contribution in [0.3, 0.4) is 0 Å². The van der Waals surface area contributed by atoms with Crippen molar-refractivity contribution in [3.63, 3.8) is 0 Å². The van der Waals surface area contributed by atoms with E-state index in [0.717, 1.165) is 5.56 Å². The Kier molecular flexibility index (Phi) is 4.60. The number of nitrogens with zero attached hydrogens (tertiary/aromatic N) is 4. The molecule has 0 aliphatic carbocycles. The number of ether oxygens (including phenoxy) is 1. The zero-order valence-corrected chi connectivity index (χ0v) is 10.8. The maximum Gasteiger partial charge on any atom is 0.306 e. The van der Waals surface area contributed by atoms with Crippen molar-refractivity contribution in [3.8, 4) is 0 Å². The number of rotatable bonds is 6. The molecule has 0 saturated heterocycles. The van der Waals surface area contributed by atoms with E-state index >= 15 is 0 Å². The van der Waals surface area contributed by atoms with Gasteiger partial charge in [-0.1, -0.05) is 30.3 Å². The standard InChI is InChI=1S/C13H16N4O2/c1-2-19-13(18)8-12(9-17-10-14-15-16-17)11-6-4-3-5-7-11/h3-7,10,12H,2,8-9H2,1H3. The summed E-state index contributed by atoms with van der Waals surface area (Å²) in [5.74, 6) is -0.201. The number of benzene rings is 1. The highest BCUT2D eigenvalue weighted by atomic mass is 16.5. The lowest BCUT2D eigenvalue weighted by Gasteiger charge is -2.15. The number of aromatic nitrogens is 4. The first kappa shape index (κ1) is 13.2. The van der Waals surface area contributed by atoms with Crippen LogP contribution in [0.15, 0.2) is 36.7 Å². The van der Waals surface area contributed by atoms with E-state index in [1.807, 2.05) is 30.3 Å². The van der Waals surface area contributed by atoms with Crippen LogP contribution in [-0.2, 0) is 16.1 Å². The second-order valence-electron chi connectivity index (χ2n) is 4.15. The van der Waals surface area contributed by atoms with Gasteiger partial charge in [0.25, 0.3) is 0 Å². The summed E-state index contributed by atoms with van der Waals surface area (Å²) in [7, 11) is 0. The fraction of sp³-hybridized carbons (Fsp3) is 0.385. The molecule has 0 fully saturated rings. The van der Waals surface area contributed by atoms with E-state index in [1.54, 1.807) is 17.9 Å². The fourth-order valence-electron chi connectivity index (χ4n) is 1.92. The molecule has 1 atom stereocenters. The molecule has 0 saturated carbocycles. The summed E-state index contributed by atoms with van der Waals surface area (Å²) >= 11 is 0. The van der Waals surface area contributed by atoms with Crippen LogP contribution in [0.2, 0.25) is 0 Å². The average Bonchev–Trinajstić information content (AvgIpc) is 2.92. The largest absolute Gasteiger partial charge is 0.466 e. The second kappa shape index (κ2) is 6.63. The molecular formula is C13H16N4O2. The Balaban J connectivity index is 2.11. The van der Waals surface area contributed by atoms with Gasteiger partial charge in [-0.15, -0.1) is 5.10 Å². The van der Waals surface area contributed by atoms with Crippen molar-refractivity contribution in [3.05, 3.63) is 42.2 Å². The molecule has 0 spiro atoms. The van der Waals surface area contributed by atoms with Gasteiger partial charge in [-0.2, -0.15) is 0 Å². The zero-order valence-electron chi connectivity index (χ0n) is 10.8. The Labute approximate surface area is 111 Å². The van der Waals surface area contributed by atoms with Gasteiger partial charge in [-0.3, -0.25) is 4.79 Å². The van der Waals surface area contributed by atoms with Crippen LogP contribution in [0.5, 0.6) is 0 Å². The molecule has 0 amide bonds. The molecule has 0 radical (unpaired) electrons. The van der Waals surface area contributed by atoms with Crippen LogP contribution in [0.1, 0.15) is 24.8 Å². The zero-order chi connectivity index (χ0) is 13.5. The van der Waals surface area contributed by atoms with Crippen molar-refractivity contribution in [1.82, 2.24) is 20.2 Å². The maximum atomic E-state index is 11.7. The topological polar surface area (TPSA) is 69.9 Å². The van der Waals surface area contributed by atoms with Crippen LogP contribution in [0.4, 0.5) is 0 Å². The van der Waals surface area contributed by atoms with Crippen molar-refractivity contribution in [2.24, 2.45) is 0 Å². The van der Waals surface area contributed by atoms with Crippen LogP contribution < -0.4 is 0 Å². The summed E-state index contributed by atoms with van der Waals surface area (Å²) in [6, 6.07) is 9.84. The van der Waals surface area contributed by atoms with Crippen molar-refractivity contribution >= 4 is 5.97 Å². The van der Waals surface area contributed by atoms with Gasteiger partial charge < -0.3 is 4.74 Å². The Hall–Kier alpha value is -2.24. The number of esters is 1. The van der Waals surface area contributed by atoms with Crippen LogP contribution in [0.25, 0.3) is 0 Å². The Morgan fingerprint density at radius 2 is 2.16 bits per heavy atom. The average molecular weight is 260 g/mol. The lowest BCUT2D eigenvalue weighted by molar-refractivity contribution is -0.143. The first-order chi connectivity index (χ1) is 9.29. The third-order valence-electron chi connectivity index (χ3n) is 2.79. The predicted molar refractivity (Wildman–Crippen MR) is 68.3 cm³/mol. The monoisotopic (exact) mass is 260 g/mol. The highest BCUT2D eigenvalue weighted by molar-refractivity contribution is 5.70. The van der Waals surface area contributed by atoms with Crippen LogP contribution in [-0.4, -0.2) is 32.8 Å². The highest BCUT2D eigenvalue weighted by Gasteiger charge is 2.18. The van der Waals surface area contributed by atoms with Gasteiger partial charge in [0.05, 0.1) is 19.6 Å². The van der Waals surface area contributed by atoms with Gasteiger partial charge in [0.1, 0.15) is 6.33 Å². The van der Waals surface area contributed by atoms with Crippen LogP contribution in [0, 0.1) is 0 Å². The summed E-state index contributed by atoms with van der Waals surface area (Å²) in [5.41, 5.74) is 1.08. The number of carbonyl (C=O) groups excluding carboxylic acids is 1. The molecule has 6 heteroatoms. The first-order valence-electron chi connectivity index (χ1n) is 6.21. The smallest absolute Gasteiger partial charge is 0.306 e. The summed E-state index contributed by atoms with van der Waals surface area (Å²) in [4.78, 5) is 11.7. The minimum absolute atomic E-state index is 0.00347. The van der Waals surface area contributed by atoms with Gasteiger partial charge in [0, 0.05) is 5.92 Å². The number of carbonyl (C=O) groups is 1. The Morgan fingerprint density at radius 3 is 2.79 bits per heavy atom. The maximum absolute atomic E-state index is 11.7. The molecule has 0 aliphatic heterocycles. The van der Waals surface area contributed by atoms with Crippen molar-refractivity contribution in [1.29, 1.82) is 0 Å². The van der Waals surface area contributed by atoms with Gasteiger partial charge in [-0.25, -0.2) is 4.68 Å². The summed E-state index contributed by atoms with van der Waals surface area (Å²) in [5, 5.41) is 11.0.